The van der Waals surface area contributed by atoms with E-state index in [-0.39, 0.29) is 5.91 Å². The Morgan fingerprint density at radius 2 is 2.12 bits per heavy atom. The molecule has 0 radical (unpaired) electrons. The van der Waals surface area contributed by atoms with Crippen molar-refractivity contribution in [2.24, 2.45) is 5.10 Å². The lowest BCUT2D eigenvalue weighted by Gasteiger charge is -2.05. The fourth-order valence-electron chi connectivity index (χ4n) is 2.21. The molecule has 0 aliphatic rings. The number of hydrazone groups is 1. The summed E-state index contributed by atoms with van der Waals surface area (Å²) in [5, 5.41) is 13.0. The molecule has 3 rings (SSSR count). The van der Waals surface area contributed by atoms with Gasteiger partial charge < -0.3 is 4.74 Å². The number of amides is 1. The monoisotopic (exact) mass is 354 g/mol. The number of carbonyl (C=O) groups excluding carboxylic acids is 1. The summed E-state index contributed by atoms with van der Waals surface area (Å²) in [6.07, 6.45) is 0. The van der Waals surface area contributed by atoms with Crippen LogP contribution in [-0.2, 0) is 0 Å². The molecule has 0 saturated heterocycles. The molecule has 1 aromatic carbocycles. The Hall–Kier alpha value is -2.93. The molecule has 7 heteroatoms. The molecule has 3 aromatic rings. The van der Waals surface area contributed by atoms with Gasteiger partial charge >= 0.3 is 0 Å². The van der Waals surface area contributed by atoms with Crippen LogP contribution in [0.1, 0.15) is 29.9 Å². The van der Waals surface area contributed by atoms with E-state index in [1.807, 2.05) is 55.6 Å². The van der Waals surface area contributed by atoms with Crippen LogP contribution in [-0.4, -0.2) is 28.4 Å². The Bertz CT molecular complexity index is 867. The van der Waals surface area contributed by atoms with Gasteiger partial charge in [-0.2, -0.15) is 10.2 Å². The van der Waals surface area contributed by atoms with Gasteiger partial charge in [0.25, 0.3) is 5.91 Å². The first-order chi connectivity index (χ1) is 12.2. The topological polar surface area (TPSA) is 79.4 Å². The molecule has 6 nitrogen and oxygen atoms in total. The van der Waals surface area contributed by atoms with E-state index in [0.717, 1.165) is 21.9 Å². The van der Waals surface area contributed by atoms with Crippen LogP contribution in [0.3, 0.4) is 0 Å². The Morgan fingerprint density at radius 3 is 2.80 bits per heavy atom. The first-order valence-corrected chi connectivity index (χ1v) is 8.72. The highest BCUT2D eigenvalue weighted by molar-refractivity contribution is 7.13. The fraction of sp³-hybridized carbons (Fsp3) is 0.167. The summed E-state index contributed by atoms with van der Waals surface area (Å²) in [4.78, 5) is 13.2. The molecule has 2 aromatic heterocycles. The minimum atomic E-state index is -0.357. The quantitative estimate of drug-likeness (QED) is 0.523. The van der Waals surface area contributed by atoms with Crippen LogP contribution < -0.4 is 10.2 Å². The zero-order valence-electron chi connectivity index (χ0n) is 13.9. The zero-order valence-corrected chi connectivity index (χ0v) is 14.8. The van der Waals surface area contributed by atoms with Crippen molar-refractivity contribution in [2.75, 3.05) is 6.61 Å². The van der Waals surface area contributed by atoms with E-state index in [2.05, 4.69) is 20.7 Å². The number of aromatic amines is 1. The second kappa shape index (κ2) is 7.76. The molecule has 0 aliphatic carbocycles. The first-order valence-electron chi connectivity index (χ1n) is 7.84. The molecule has 0 fully saturated rings. The average Bonchev–Trinajstić information content (AvgIpc) is 3.31. The molecule has 128 valence electrons. The maximum absolute atomic E-state index is 12.2. The number of carbonyl (C=O) groups is 1. The van der Waals surface area contributed by atoms with Crippen molar-refractivity contribution in [1.82, 2.24) is 15.6 Å². The third-order valence-electron chi connectivity index (χ3n) is 3.51. The van der Waals surface area contributed by atoms with Crippen molar-refractivity contribution < 1.29 is 9.53 Å². The Morgan fingerprint density at radius 1 is 1.32 bits per heavy atom. The maximum Gasteiger partial charge on any atom is 0.291 e. The number of hydrogen-bond acceptors (Lipinski definition) is 5. The van der Waals surface area contributed by atoms with Gasteiger partial charge in [-0.3, -0.25) is 9.89 Å². The van der Waals surface area contributed by atoms with Gasteiger partial charge in [0.15, 0.2) is 5.69 Å². The number of benzene rings is 1. The lowest BCUT2D eigenvalue weighted by Crippen LogP contribution is -2.19. The van der Waals surface area contributed by atoms with Gasteiger partial charge in [0.05, 0.1) is 22.9 Å². The van der Waals surface area contributed by atoms with Crippen LogP contribution >= 0.6 is 11.3 Å². The summed E-state index contributed by atoms with van der Waals surface area (Å²) in [6, 6.07) is 13.2. The number of thiophene rings is 1. The lowest BCUT2D eigenvalue weighted by atomic mass is 10.1. The van der Waals surface area contributed by atoms with Gasteiger partial charge in [-0.25, -0.2) is 5.43 Å². The van der Waals surface area contributed by atoms with Crippen LogP contribution in [0.2, 0.25) is 0 Å². The summed E-state index contributed by atoms with van der Waals surface area (Å²) in [6.45, 7) is 4.40. The van der Waals surface area contributed by atoms with Gasteiger partial charge in [0.2, 0.25) is 0 Å². The number of H-pyrrole nitrogens is 1. The van der Waals surface area contributed by atoms with Gasteiger partial charge in [-0.05, 0) is 61.2 Å². The number of hydrogen-bond donors (Lipinski definition) is 2. The number of ether oxygens (including phenoxy) is 1. The number of rotatable bonds is 6. The molecule has 2 heterocycles. The number of nitrogens with one attached hydrogen (secondary N) is 2. The van der Waals surface area contributed by atoms with E-state index in [4.69, 9.17) is 4.74 Å². The summed E-state index contributed by atoms with van der Waals surface area (Å²) in [5.74, 6) is 0.449. The van der Waals surface area contributed by atoms with Crippen molar-refractivity contribution in [3.8, 4) is 16.3 Å². The van der Waals surface area contributed by atoms with E-state index in [0.29, 0.717) is 18.0 Å². The summed E-state index contributed by atoms with van der Waals surface area (Å²) in [7, 11) is 0. The number of aromatic nitrogens is 2. The second-order valence-corrected chi connectivity index (χ2v) is 6.19. The van der Waals surface area contributed by atoms with Gasteiger partial charge in [-0.15, -0.1) is 11.3 Å². The van der Waals surface area contributed by atoms with Crippen LogP contribution in [0, 0.1) is 0 Å². The molecule has 0 atom stereocenters. The highest BCUT2D eigenvalue weighted by Crippen LogP contribution is 2.22. The molecular weight excluding hydrogens is 336 g/mol. The summed E-state index contributed by atoms with van der Waals surface area (Å²) >= 11 is 1.58. The Kier molecular flexibility index (Phi) is 5.25. The minimum Gasteiger partial charge on any atom is -0.494 e. The standard InChI is InChI=1S/C18H18N4O2S/c1-3-24-14-8-6-13(7-9-14)12(2)19-22-18(23)16-11-15(20-21-16)17-5-4-10-25-17/h4-11H,3H2,1-2H3,(H,20,21)(H,22,23)/b19-12+. The highest BCUT2D eigenvalue weighted by atomic mass is 32.1. The number of nitrogens with zero attached hydrogens (tertiary/aromatic N) is 2. The molecule has 0 spiro atoms. The smallest absolute Gasteiger partial charge is 0.291 e. The van der Waals surface area contributed by atoms with Crippen LogP contribution in [0.15, 0.2) is 52.9 Å². The van der Waals surface area contributed by atoms with E-state index in [1.165, 1.54) is 0 Å². The van der Waals surface area contributed by atoms with Crippen LogP contribution in [0.4, 0.5) is 0 Å². The lowest BCUT2D eigenvalue weighted by molar-refractivity contribution is 0.0950. The average molecular weight is 354 g/mol. The molecule has 2 N–H and O–H groups in total. The Labute approximate surface area is 149 Å². The fourth-order valence-corrected chi connectivity index (χ4v) is 2.90. The van der Waals surface area contributed by atoms with Crippen LogP contribution in [0.25, 0.3) is 10.6 Å². The highest BCUT2D eigenvalue weighted by Gasteiger charge is 2.11. The largest absolute Gasteiger partial charge is 0.494 e. The second-order valence-electron chi connectivity index (χ2n) is 5.24. The van der Waals surface area contributed by atoms with Crippen molar-refractivity contribution in [3.63, 3.8) is 0 Å². The Balaban J connectivity index is 1.65. The van der Waals surface area contributed by atoms with Gasteiger partial charge in [0, 0.05) is 0 Å². The summed E-state index contributed by atoms with van der Waals surface area (Å²) in [5.41, 5.74) is 5.25. The van der Waals surface area contributed by atoms with Gasteiger partial charge in [-0.1, -0.05) is 6.07 Å². The molecule has 25 heavy (non-hydrogen) atoms. The maximum atomic E-state index is 12.2. The van der Waals surface area contributed by atoms with Crippen molar-refractivity contribution in [3.05, 3.63) is 59.1 Å². The molecule has 0 aliphatic heterocycles. The first kappa shape index (κ1) is 16.9. The van der Waals surface area contributed by atoms with Gasteiger partial charge in [0.1, 0.15) is 5.75 Å². The summed E-state index contributed by atoms with van der Waals surface area (Å²) < 4.78 is 5.41. The van der Waals surface area contributed by atoms with E-state index in [9.17, 15) is 4.79 Å². The third-order valence-corrected chi connectivity index (χ3v) is 4.41. The van der Waals surface area contributed by atoms with Crippen molar-refractivity contribution in [2.45, 2.75) is 13.8 Å². The normalized spacial score (nSPS) is 11.4. The minimum absolute atomic E-state index is 0.298. The molecular formula is C18H18N4O2S. The molecule has 0 unspecified atom stereocenters. The van der Waals surface area contributed by atoms with E-state index < -0.39 is 0 Å². The predicted octanol–water partition coefficient (Wildman–Crippen LogP) is 3.69. The molecule has 0 bridgehead atoms. The third kappa shape index (κ3) is 4.13. The molecule has 1 amide bonds. The van der Waals surface area contributed by atoms with E-state index >= 15 is 0 Å². The predicted molar refractivity (Wildman–Crippen MR) is 99.2 cm³/mol. The van der Waals surface area contributed by atoms with Crippen LogP contribution in [0.5, 0.6) is 5.75 Å². The zero-order chi connectivity index (χ0) is 17.6. The van der Waals surface area contributed by atoms with Crippen molar-refractivity contribution in [1.29, 1.82) is 0 Å². The van der Waals surface area contributed by atoms with E-state index in [1.54, 1.807) is 17.4 Å². The van der Waals surface area contributed by atoms with Crippen molar-refractivity contribution >= 4 is 23.0 Å². The molecule has 0 saturated carbocycles. The SMILES string of the molecule is CCOc1ccc(/C(C)=N/NC(=O)c2cc(-c3cccs3)[nH]n2)cc1.